The Hall–Kier alpha value is -2.76. The SMILES string of the molecule is Cc1ccccc1CSCC(=O)N/N=C\c1ccc(OCc2ccc(Cl)cc2)cc1. The van der Waals surface area contributed by atoms with Crippen LogP contribution in [0.2, 0.25) is 5.02 Å². The topological polar surface area (TPSA) is 50.7 Å². The largest absolute Gasteiger partial charge is 0.489 e. The standard InChI is InChI=1S/C24H23ClN2O2S/c1-18-4-2-3-5-21(18)16-30-17-24(28)27-26-14-19-8-12-23(13-9-19)29-15-20-6-10-22(25)11-7-20/h2-14H,15-17H2,1H3,(H,27,28)/b26-14-. The first-order chi connectivity index (χ1) is 14.6. The van der Waals surface area contributed by atoms with E-state index in [2.05, 4.69) is 29.6 Å². The highest BCUT2D eigenvalue weighted by Crippen LogP contribution is 2.16. The van der Waals surface area contributed by atoms with E-state index in [-0.39, 0.29) is 5.91 Å². The van der Waals surface area contributed by atoms with E-state index in [1.807, 2.05) is 60.7 Å². The average molecular weight is 439 g/mol. The van der Waals surface area contributed by atoms with E-state index in [0.717, 1.165) is 22.6 Å². The lowest BCUT2D eigenvalue weighted by Gasteiger charge is -2.06. The molecule has 0 aliphatic rings. The van der Waals surface area contributed by atoms with Gasteiger partial charge in [-0.15, -0.1) is 11.8 Å². The van der Waals surface area contributed by atoms with Gasteiger partial charge in [0.05, 0.1) is 12.0 Å². The number of nitrogens with one attached hydrogen (secondary N) is 1. The summed E-state index contributed by atoms with van der Waals surface area (Å²) in [4.78, 5) is 11.9. The number of rotatable bonds is 9. The number of ether oxygens (including phenoxy) is 1. The normalized spacial score (nSPS) is 10.9. The van der Waals surface area contributed by atoms with Crippen molar-refractivity contribution in [3.63, 3.8) is 0 Å². The molecule has 0 aromatic heterocycles. The van der Waals surface area contributed by atoms with Crippen LogP contribution in [0.15, 0.2) is 77.9 Å². The maximum absolute atomic E-state index is 11.9. The molecule has 4 nitrogen and oxygen atoms in total. The Morgan fingerprint density at radius 2 is 1.80 bits per heavy atom. The van der Waals surface area contributed by atoms with Crippen molar-refractivity contribution < 1.29 is 9.53 Å². The quantitative estimate of drug-likeness (QED) is 0.349. The van der Waals surface area contributed by atoms with Crippen LogP contribution in [0, 0.1) is 6.92 Å². The average Bonchev–Trinajstić information content (AvgIpc) is 2.76. The minimum Gasteiger partial charge on any atom is -0.489 e. The molecule has 0 fully saturated rings. The monoisotopic (exact) mass is 438 g/mol. The molecule has 0 saturated carbocycles. The van der Waals surface area contributed by atoms with E-state index >= 15 is 0 Å². The molecule has 0 heterocycles. The Kier molecular flexibility index (Phi) is 8.36. The third-order valence-electron chi connectivity index (χ3n) is 4.35. The highest BCUT2D eigenvalue weighted by molar-refractivity contribution is 7.99. The molecule has 0 saturated heterocycles. The van der Waals surface area contributed by atoms with Gasteiger partial charge in [0.15, 0.2) is 0 Å². The summed E-state index contributed by atoms with van der Waals surface area (Å²) < 4.78 is 5.76. The second-order valence-electron chi connectivity index (χ2n) is 6.70. The number of hydrazone groups is 1. The number of carbonyl (C=O) groups is 1. The predicted octanol–water partition coefficient (Wildman–Crippen LogP) is 5.61. The first-order valence-corrected chi connectivity index (χ1v) is 11.0. The van der Waals surface area contributed by atoms with Crippen LogP contribution in [0.4, 0.5) is 0 Å². The van der Waals surface area contributed by atoms with Crippen LogP contribution in [0.3, 0.4) is 0 Å². The molecule has 1 N–H and O–H groups in total. The van der Waals surface area contributed by atoms with Gasteiger partial charge in [-0.05, 0) is 65.6 Å². The van der Waals surface area contributed by atoms with Gasteiger partial charge in [-0.25, -0.2) is 5.43 Å². The molecular formula is C24H23ClN2O2S. The van der Waals surface area contributed by atoms with Gasteiger partial charge in [0.25, 0.3) is 0 Å². The lowest BCUT2D eigenvalue weighted by atomic mass is 10.1. The Bertz CT molecular complexity index is 989. The number of amides is 1. The van der Waals surface area contributed by atoms with Crippen LogP contribution in [0.5, 0.6) is 5.75 Å². The van der Waals surface area contributed by atoms with Crippen molar-refractivity contribution >= 4 is 35.5 Å². The van der Waals surface area contributed by atoms with Crippen LogP contribution in [0.25, 0.3) is 0 Å². The highest BCUT2D eigenvalue weighted by Gasteiger charge is 2.02. The number of hydrogen-bond acceptors (Lipinski definition) is 4. The van der Waals surface area contributed by atoms with Crippen LogP contribution >= 0.6 is 23.4 Å². The first-order valence-electron chi connectivity index (χ1n) is 9.51. The van der Waals surface area contributed by atoms with Gasteiger partial charge in [0, 0.05) is 10.8 Å². The van der Waals surface area contributed by atoms with Gasteiger partial charge in [0.2, 0.25) is 5.91 Å². The van der Waals surface area contributed by atoms with E-state index < -0.39 is 0 Å². The van der Waals surface area contributed by atoms with Crippen molar-refractivity contribution in [3.8, 4) is 5.75 Å². The molecule has 3 rings (SSSR count). The van der Waals surface area contributed by atoms with Crippen molar-refractivity contribution in [2.45, 2.75) is 19.3 Å². The lowest BCUT2D eigenvalue weighted by molar-refractivity contribution is -0.118. The third kappa shape index (κ3) is 7.25. The van der Waals surface area contributed by atoms with Crippen molar-refractivity contribution in [3.05, 3.63) is 100 Å². The number of thioether (sulfide) groups is 1. The fourth-order valence-corrected chi connectivity index (χ4v) is 3.66. The van der Waals surface area contributed by atoms with E-state index in [4.69, 9.17) is 16.3 Å². The third-order valence-corrected chi connectivity index (χ3v) is 5.59. The second-order valence-corrected chi connectivity index (χ2v) is 8.12. The van der Waals surface area contributed by atoms with Gasteiger partial charge >= 0.3 is 0 Å². The summed E-state index contributed by atoms with van der Waals surface area (Å²) in [7, 11) is 0. The molecule has 0 radical (unpaired) electrons. The van der Waals surface area contributed by atoms with Crippen LogP contribution < -0.4 is 10.2 Å². The van der Waals surface area contributed by atoms with Gasteiger partial charge in [-0.3, -0.25) is 4.79 Å². The van der Waals surface area contributed by atoms with Gasteiger partial charge in [-0.1, -0.05) is 48.0 Å². The zero-order chi connectivity index (χ0) is 21.2. The summed E-state index contributed by atoms with van der Waals surface area (Å²) in [5.41, 5.74) is 6.98. The van der Waals surface area contributed by atoms with E-state index in [0.29, 0.717) is 17.4 Å². The number of halogens is 1. The Morgan fingerprint density at radius 3 is 2.53 bits per heavy atom. The van der Waals surface area contributed by atoms with Crippen molar-refractivity contribution in [2.24, 2.45) is 5.10 Å². The smallest absolute Gasteiger partial charge is 0.250 e. The van der Waals surface area contributed by atoms with E-state index in [1.54, 1.807) is 18.0 Å². The minimum atomic E-state index is -0.118. The van der Waals surface area contributed by atoms with Crippen LogP contribution in [-0.2, 0) is 17.2 Å². The summed E-state index contributed by atoms with van der Waals surface area (Å²) in [6, 6.07) is 23.3. The highest BCUT2D eigenvalue weighted by atomic mass is 35.5. The molecule has 3 aromatic rings. The van der Waals surface area contributed by atoms with Crippen molar-refractivity contribution in [2.75, 3.05) is 5.75 Å². The summed E-state index contributed by atoms with van der Waals surface area (Å²) in [6.07, 6.45) is 1.62. The molecular weight excluding hydrogens is 416 g/mol. The fourth-order valence-electron chi connectivity index (χ4n) is 2.63. The van der Waals surface area contributed by atoms with E-state index in [1.165, 1.54) is 11.1 Å². The van der Waals surface area contributed by atoms with Crippen molar-refractivity contribution in [1.29, 1.82) is 0 Å². The number of nitrogens with zero attached hydrogens (tertiary/aromatic N) is 1. The van der Waals surface area contributed by atoms with Crippen LogP contribution in [-0.4, -0.2) is 17.9 Å². The molecule has 3 aromatic carbocycles. The Labute approximate surface area is 186 Å². The van der Waals surface area contributed by atoms with Crippen LogP contribution in [0.1, 0.15) is 22.3 Å². The van der Waals surface area contributed by atoms with Gasteiger partial charge in [-0.2, -0.15) is 5.10 Å². The molecule has 0 aliphatic heterocycles. The summed E-state index contributed by atoms with van der Waals surface area (Å²) in [6.45, 7) is 2.55. The van der Waals surface area contributed by atoms with Gasteiger partial charge < -0.3 is 4.74 Å². The Balaban J connectivity index is 1.38. The Morgan fingerprint density at radius 1 is 1.07 bits per heavy atom. The maximum atomic E-state index is 11.9. The predicted molar refractivity (Wildman–Crippen MR) is 125 cm³/mol. The molecule has 30 heavy (non-hydrogen) atoms. The minimum absolute atomic E-state index is 0.118. The molecule has 0 unspecified atom stereocenters. The zero-order valence-corrected chi connectivity index (χ0v) is 18.2. The number of hydrogen-bond donors (Lipinski definition) is 1. The molecule has 0 bridgehead atoms. The number of benzene rings is 3. The molecule has 0 aliphatic carbocycles. The number of carbonyl (C=O) groups excluding carboxylic acids is 1. The molecule has 6 heteroatoms. The van der Waals surface area contributed by atoms with Crippen molar-refractivity contribution in [1.82, 2.24) is 5.43 Å². The molecule has 0 atom stereocenters. The maximum Gasteiger partial charge on any atom is 0.250 e. The summed E-state index contributed by atoms with van der Waals surface area (Å²) in [5, 5.41) is 4.73. The molecule has 154 valence electrons. The fraction of sp³-hybridized carbons (Fsp3) is 0.167. The molecule has 0 spiro atoms. The first kappa shape index (κ1) is 21.9. The second kappa shape index (κ2) is 11.4. The number of aryl methyl sites for hydroxylation is 1. The lowest BCUT2D eigenvalue weighted by Crippen LogP contribution is -2.19. The summed E-state index contributed by atoms with van der Waals surface area (Å²) >= 11 is 7.45. The summed E-state index contributed by atoms with van der Waals surface area (Å²) in [5.74, 6) is 1.82. The zero-order valence-electron chi connectivity index (χ0n) is 16.7. The van der Waals surface area contributed by atoms with E-state index in [9.17, 15) is 4.79 Å². The molecule has 1 amide bonds. The van der Waals surface area contributed by atoms with Gasteiger partial charge in [0.1, 0.15) is 12.4 Å².